The van der Waals surface area contributed by atoms with E-state index in [2.05, 4.69) is 20.1 Å². The molecule has 0 spiro atoms. The van der Waals surface area contributed by atoms with E-state index in [1.54, 1.807) is 11.6 Å². The van der Waals surface area contributed by atoms with Crippen molar-refractivity contribution in [2.75, 3.05) is 0 Å². The van der Waals surface area contributed by atoms with Gasteiger partial charge in [-0.3, -0.25) is 9.36 Å². The fraction of sp³-hybridized carbons (Fsp3) is 0.316. The van der Waals surface area contributed by atoms with Crippen molar-refractivity contribution < 1.29 is 13.3 Å². The van der Waals surface area contributed by atoms with Crippen molar-refractivity contribution in [2.45, 2.75) is 31.0 Å². The number of aromatic nitrogens is 6. The summed E-state index contributed by atoms with van der Waals surface area (Å²) in [7, 11) is 1.72. The number of hydrogen-bond donors (Lipinski definition) is 0. The van der Waals surface area contributed by atoms with Gasteiger partial charge in [-0.05, 0) is 30.5 Å². The number of nitrogens with zero attached hydrogens (tertiary/aromatic N) is 6. The number of alkyl halides is 1. The molecule has 1 saturated carbocycles. The molecule has 148 valence electrons. The maximum Gasteiger partial charge on any atom is 0.280 e. The van der Waals surface area contributed by atoms with Gasteiger partial charge in [0.05, 0.1) is 6.33 Å². The van der Waals surface area contributed by atoms with Crippen molar-refractivity contribution >= 4 is 11.2 Å². The Hall–Kier alpha value is -3.43. The van der Waals surface area contributed by atoms with Crippen LogP contribution in [0.15, 0.2) is 46.2 Å². The normalized spacial score (nSPS) is 21.4. The zero-order valence-corrected chi connectivity index (χ0v) is 15.4. The third-order valence-electron chi connectivity index (χ3n) is 5.36. The van der Waals surface area contributed by atoms with Gasteiger partial charge in [0.15, 0.2) is 17.0 Å². The highest BCUT2D eigenvalue weighted by Crippen LogP contribution is 2.52. The quantitative estimate of drug-likeness (QED) is 0.524. The first-order chi connectivity index (χ1) is 13.9. The summed E-state index contributed by atoms with van der Waals surface area (Å²) in [6.45, 7) is 0.0609. The Morgan fingerprint density at radius 3 is 2.69 bits per heavy atom. The molecule has 8 nitrogen and oxygen atoms in total. The molecule has 1 fully saturated rings. The lowest BCUT2D eigenvalue weighted by Gasteiger charge is -2.40. The highest BCUT2D eigenvalue weighted by atomic mass is 19.1. The molecular formula is C19H16F2N6O2. The van der Waals surface area contributed by atoms with Crippen LogP contribution in [0.4, 0.5) is 8.78 Å². The Kier molecular flexibility index (Phi) is 3.83. The average molecular weight is 398 g/mol. The molecule has 0 aliphatic heterocycles. The van der Waals surface area contributed by atoms with Gasteiger partial charge >= 0.3 is 0 Å². The van der Waals surface area contributed by atoms with E-state index in [0.29, 0.717) is 22.6 Å². The van der Waals surface area contributed by atoms with Crippen molar-refractivity contribution in [3.05, 3.63) is 70.4 Å². The van der Waals surface area contributed by atoms with Crippen molar-refractivity contribution in [1.29, 1.82) is 0 Å². The van der Waals surface area contributed by atoms with Crippen LogP contribution in [0.1, 0.15) is 36.0 Å². The molecular weight excluding hydrogens is 382 g/mol. The topological polar surface area (TPSA) is 91.6 Å². The summed E-state index contributed by atoms with van der Waals surface area (Å²) in [5.74, 6) is 0.0450. The second-order valence-corrected chi connectivity index (χ2v) is 7.33. The van der Waals surface area contributed by atoms with Gasteiger partial charge < -0.3 is 9.09 Å². The number of benzene rings is 1. The van der Waals surface area contributed by atoms with Gasteiger partial charge in [-0.25, -0.2) is 18.7 Å². The number of rotatable bonds is 4. The molecule has 29 heavy (non-hydrogen) atoms. The lowest BCUT2D eigenvalue weighted by Crippen LogP contribution is -2.36. The lowest BCUT2D eigenvalue weighted by molar-refractivity contribution is 0.0335. The third-order valence-corrected chi connectivity index (χ3v) is 5.36. The Labute approximate surface area is 162 Å². The molecule has 0 unspecified atom stereocenters. The fourth-order valence-electron chi connectivity index (χ4n) is 3.72. The van der Waals surface area contributed by atoms with Crippen LogP contribution in [0.5, 0.6) is 0 Å². The Balaban J connectivity index is 1.32. The van der Waals surface area contributed by atoms with Gasteiger partial charge in [0.1, 0.15) is 24.4 Å². The van der Waals surface area contributed by atoms with Crippen LogP contribution in [0, 0.1) is 5.82 Å². The van der Waals surface area contributed by atoms with Gasteiger partial charge in [0.25, 0.3) is 5.56 Å². The second-order valence-electron chi connectivity index (χ2n) is 7.33. The van der Waals surface area contributed by atoms with E-state index in [-0.39, 0.29) is 36.8 Å². The summed E-state index contributed by atoms with van der Waals surface area (Å²) in [6, 6.07) is 5.42. The van der Waals surface area contributed by atoms with Crippen molar-refractivity contribution in [2.24, 2.45) is 7.05 Å². The largest absolute Gasteiger partial charge is 0.337 e. The smallest absolute Gasteiger partial charge is 0.280 e. The molecule has 4 aromatic rings. The van der Waals surface area contributed by atoms with Gasteiger partial charge in [-0.15, -0.1) is 0 Å². The van der Waals surface area contributed by atoms with Gasteiger partial charge in [0, 0.05) is 13.0 Å². The molecule has 0 amide bonds. The zero-order valence-electron chi connectivity index (χ0n) is 15.4. The minimum absolute atomic E-state index is 0.0609. The van der Waals surface area contributed by atoms with E-state index in [9.17, 15) is 13.6 Å². The highest BCUT2D eigenvalue weighted by Gasteiger charge is 2.48. The minimum atomic E-state index is -1.52. The molecule has 0 radical (unpaired) electrons. The fourth-order valence-corrected chi connectivity index (χ4v) is 3.72. The Morgan fingerprint density at radius 2 is 1.93 bits per heavy atom. The molecule has 1 aromatic carbocycles. The van der Waals surface area contributed by atoms with E-state index in [0.717, 1.165) is 0 Å². The Bertz CT molecular complexity index is 1250. The second kappa shape index (κ2) is 6.29. The van der Waals surface area contributed by atoms with E-state index in [1.807, 2.05) is 0 Å². The van der Waals surface area contributed by atoms with E-state index in [4.69, 9.17) is 4.52 Å². The first-order valence-corrected chi connectivity index (χ1v) is 9.07. The third kappa shape index (κ3) is 2.91. The minimum Gasteiger partial charge on any atom is -0.337 e. The number of aryl methyl sites for hydroxylation is 1. The van der Waals surface area contributed by atoms with Crippen LogP contribution in [0.2, 0.25) is 0 Å². The van der Waals surface area contributed by atoms with Crippen molar-refractivity contribution in [3.63, 3.8) is 0 Å². The molecule has 1 aliphatic rings. The summed E-state index contributed by atoms with van der Waals surface area (Å²) >= 11 is 0. The average Bonchev–Trinajstić information content (AvgIpc) is 3.29. The predicted molar refractivity (Wildman–Crippen MR) is 97.3 cm³/mol. The molecule has 3 heterocycles. The van der Waals surface area contributed by atoms with Crippen LogP contribution in [-0.4, -0.2) is 29.2 Å². The standard InChI is InChI=1S/C19H16F2N6O2/c1-26-9-22-17-15(26)18(28)27(10-23-17)8-14-24-16(25-29-14)11-6-19(21,7-11)12-2-4-13(20)5-3-12/h2-5,9-11H,6-8H2,1H3. The molecule has 0 N–H and O–H groups in total. The van der Waals surface area contributed by atoms with E-state index < -0.39 is 11.5 Å². The molecule has 3 aromatic heterocycles. The first-order valence-electron chi connectivity index (χ1n) is 9.07. The zero-order chi connectivity index (χ0) is 20.2. The summed E-state index contributed by atoms with van der Waals surface area (Å²) in [6.07, 6.45) is 3.29. The first kappa shape index (κ1) is 17.7. The van der Waals surface area contributed by atoms with Gasteiger partial charge in [-0.1, -0.05) is 17.3 Å². The summed E-state index contributed by atoms with van der Waals surface area (Å²) < 4.78 is 36.3. The maximum absolute atomic E-state index is 15.0. The number of halogens is 2. The SMILES string of the molecule is Cn1cnc2ncn(Cc3nc(C4CC(F)(c5ccc(F)cc5)C4)no3)c(=O)c21. The van der Waals surface area contributed by atoms with E-state index >= 15 is 0 Å². The number of imidazole rings is 1. The van der Waals surface area contributed by atoms with Crippen LogP contribution in [0.25, 0.3) is 11.2 Å². The van der Waals surface area contributed by atoms with Crippen molar-refractivity contribution in [3.8, 4) is 0 Å². The molecule has 1 aliphatic carbocycles. The van der Waals surface area contributed by atoms with E-state index in [1.165, 1.54) is 41.5 Å². The van der Waals surface area contributed by atoms with Crippen LogP contribution in [-0.2, 0) is 19.3 Å². The summed E-state index contributed by atoms with van der Waals surface area (Å²) in [5, 5.41) is 3.94. The Morgan fingerprint density at radius 1 is 1.21 bits per heavy atom. The monoisotopic (exact) mass is 398 g/mol. The lowest BCUT2D eigenvalue weighted by atomic mass is 9.68. The van der Waals surface area contributed by atoms with Crippen LogP contribution < -0.4 is 5.56 Å². The maximum atomic E-state index is 15.0. The number of fused-ring (bicyclic) bond motifs is 1. The van der Waals surface area contributed by atoms with Gasteiger partial charge in [-0.2, -0.15) is 4.98 Å². The number of hydrogen-bond acceptors (Lipinski definition) is 6. The molecule has 10 heteroatoms. The summed E-state index contributed by atoms with van der Waals surface area (Å²) in [5.41, 5.74) is -0.592. The summed E-state index contributed by atoms with van der Waals surface area (Å²) in [4.78, 5) is 25.1. The molecule has 0 bridgehead atoms. The predicted octanol–water partition coefficient (Wildman–Crippen LogP) is 2.44. The van der Waals surface area contributed by atoms with Gasteiger partial charge in [0.2, 0.25) is 5.89 Å². The van der Waals surface area contributed by atoms with Crippen LogP contribution in [0.3, 0.4) is 0 Å². The highest BCUT2D eigenvalue weighted by molar-refractivity contribution is 5.68. The van der Waals surface area contributed by atoms with Crippen LogP contribution >= 0.6 is 0 Å². The molecule has 0 atom stereocenters. The molecule has 5 rings (SSSR count). The molecule has 0 saturated heterocycles. The van der Waals surface area contributed by atoms with Crippen molar-refractivity contribution in [1.82, 2.24) is 29.2 Å².